The van der Waals surface area contributed by atoms with E-state index in [0.29, 0.717) is 5.56 Å². The fourth-order valence-electron chi connectivity index (χ4n) is 1.67. The van der Waals surface area contributed by atoms with Gasteiger partial charge in [0.2, 0.25) is 0 Å². The van der Waals surface area contributed by atoms with Crippen LogP contribution in [0.4, 0.5) is 10.1 Å². The van der Waals surface area contributed by atoms with Crippen LogP contribution in [0.15, 0.2) is 29.8 Å². The van der Waals surface area contributed by atoms with Crippen molar-refractivity contribution >= 4 is 17.0 Å². The minimum atomic E-state index is -0.509. The summed E-state index contributed by atoms with van der Waals surface area (Å²) < 4.78 is 13.1. The Kier molecular flexibility index (Phi) is 4.18. The molecule has 19 heavy (non-hydrogen) atoms. The Labute approximate surface area is 113 Å². The van der Waals surface area contributed by atoms with Gasteiger partial charge >= 0.3 is 0 Å². The molecule has 1 N–H and O–H groups in total. The van der Waals surface area contributed by atoms with Gasteiger partial charge in [-0.2, -0.15) is 0 Å². The standard InChI is InChI=1S/C12H12FN3O2S/c1-8(12-14-4-5-19-12)15-7-9-6-10(13)2-3-11(9)16(17)18/h2-6,8,15H,7H2,1H3. The maximum absolute atomic E-state index is 13.1. The summed E-state index contributed by atoms with van der Waals surface area (Å²) in [5, 5.41) is 16.7. The number of hydrogen-bond acceptors (Lipinski definition) is 5. The molecular weight excluding hydrogens is 269 g/mol. The monoisotopic (exact) mass is 281 g/mol. The third-order valence-corrected chi connectivity index (χ3v) is 3.62. The van der Waals surface area contributed by atoms with Crippen LogP contribution in [0.25, 0.3) is 0 Å². The SMILES string of the molecule is CC(NCc1cc(F)ccc1[N+](=O)[O-])c1nccs1. The summed E-state index contributed by atoms with van der Waals surface area (Å²) in [6.07, 6.45) is 1.70. The zero-order valence-corrected chi connectivity index (χ0v) is 11.0. The number of rotatable bonds is 5. The number of nitrogens with one attached hydrogen (secondary N) is 1. The first-order chi connectivity index (χ1) is 9.08. The van der Waals surface area contributed by atoms with Crippen LogP contribution in [0.5, 0.6) is 0 Å². The van der Waals surface area contributed by atoms with E-state index < -0.39 is 10.7 Å². The lowest BCUT2D eigenvalue weighted by Crippen LogP contribution is -2.18. The van der Waals surface area contributed by atoms with Crippen LogP contribution in [-0.4, -0.2) is 9.91 Å². The van der Waals surface area contributed by atoms with E-state index in [9.17, 15) is 14.5 Å². The van der Waals surface area contributed by atoms with E-state index in [4.69, 9.17) is 0 Å². The van der Waals surface area contributed by atoms with Crippen molar-refractivity contribution in [2.24, 2.45) is 0 Å². The summed E-state index contributed by atoms with van der Waals surface area (Å²) in [7, 11) is 0. The van der Waals surface area contributed by atoms with Crippen molar-refractivity contribution in [1.82, 2.24) is 10.3 Å². The van der Waals surface area contributed by atoms with Crippen LogP contribution in [0.2, 0.25) is 0 Å². The van der Waals surface area contributed by atoms with Crippen LogP contribution in [0, 0.1) is 15.9 Å². The maximum Gasteiger partial charge on any atom is 0.274 e. The normalized spacial score (nSPS) is 12.3. The second-order valence-corrected chi connectivity index (χ2v) is 4.93. The van der Waals surface area contributed by atoms with Crippen molar-refractivity contribution in [1.29, 1.82) is 0 Å². The lowest BCUT2D eigenvalue weighted by atomic mass is 10.1. The van der Waals surface area contributed by atoms with E-state index in [0.717, 1.165) is 11.1 Å². The van der Waals surface area contributed by atoms with Crippen LogP contribution in [0.3, 0.4) is 0 Å². The Balaban J connectivity index is 2.10. The van der Waals surface area contributed by atoms with Crippen LogP contribution in [-0.2, 0) is 6.54 Å². The van der Waals surface area contributed by atoms with Crippen molar-refractivity contribution in [3.05, 3.63) is 56.3 Å². The van der Waals surface area contributed by atoms with Gasteiger partial charge in [-0.1, -0.05) is 0 Å². The Hall–Kier alpha value is -1.86. The van der Waals surface area contributed by atoms with E-state index >= 15 is 0 Å². The molecule has 7 heteroatoms. The molecule has 2 aromatic rings. The van der Waals surface area contributed by atoms with Crippen LogP contribution < -0.4 is 5.32 Å². The largest absolute Gasteiger partial charge is 0.304 e. The van der Waals surface area contributed by atoms with E-state index in [1.807, 2.05) is 12.3 Å². The summed E-state index contributed by atoms with van der Waals surface area (Å²) in [4.78, 5) is 14.5. The molecule has 1 atom stereocenters. The van der Waals surface area contributed by atoms with Crippen LogP contribution in [0.1, 0.15) is 23.5 Å². The predicted molar refractivity (Wildman–Crippen MR) is 70.4 cm³/mol. The number of nitro benzene ring substituents is 1. The minimum absolute atomic E-state index is 0.0390. The lowest BCUT2D eigenvalue weighted by Gasteiger charge is -2.11. The molecule has 1 aromatic heterocycles. The second kappa shape index (κ2) is 5.85. The number of aromatic nitrogens is 1. The highest BCUT2D eigenvalue weighted by Gasteiger charge is 2.15. The average Bonchev–Trinajstić information content (AvgIpc) is 2.89. The summed E-state index contributed by atoms with van der Waals surface area (Å²) >= 11 is 1.50. The van der Waals surface area contributed by atoms with Crippen molar-refractivity contribution < 1.29 is 9.31 Å². The molecule has 1 heterocycles. The van der Waals surface area contributed by atoms with Gasteiger partial charge in [0.25, 0.3) is 5.69 Å². The van der Waals surface area contributed by atoms with Gasteiger partial charge in [-0.05, 0) is 19.1 Å². The topological polar surface area (TPSA) is 68.1 Å². The molecular formula is C12H12FN3O2S. The van der Waals surface area contributed by atoms with Gasteiger partial charge in [-0.15, -0.1) is 11.3 Å². The van der Waals surface area contributed by atoms with Gasteiger partial charge < -0.3 is 5.32 Å². The van der Waals surface area contributed by atoms with E-state index in [1.165, 1.54) is 23.5 Å². The van der Waals surface area contributed by atoms with Gasteiger partial charge in [0.15, 0.2) is 0 Å². The zero-order valence-electron chi connectivity index (χ0n) is 10.2. The molecule has 0 saturated heterocycles. The van der Waals surface area contributed by atoms with Gasteiger partial charge in [0.05, 0.1) is 11.0 Å². The highest BCUT2D eigenvalue weighted by molar-refractivity contribution is 7.09. The van der Waals surface area contributed by atoms with Gasteiger partial charge in [-0.25, -0.2) is 9.37 Å². The molecule has 0 bridgehead atoms. The fraction of sp³-hybridized carbons (Fsp3) is 0.250. The molecule has 1 aromatic carbocycles. The third kappa shape index (κ3) is 3.33. The summed E-state index contributed by atoms with van der Waals surface area (Å²) in [6, 6.07) is 3.41. The van der Waals surface area contributed by atoms with Gasteiger partial charge in [0, 0.05) is 29.8 Å². The highest BCUT2D eigenvalue weighted by Crippen LogP contribution is 2.21. The molecule has 0 aliphatic carbocycles. The Morgan fingerprint density at radius 2 is 2.37 bits per heavy atom. The highest BCUT2D eigenvalue weighted by atomic mass is 32.1. The molecule has 0 aliphatic rings. The predicted octanol–water partition coefficient (Wildman–Crippen LogP) is 3.04. The van der Waals surface area contributed by atoms with E-state index in [-0.39, 0.29) is 18.3 Å². The van der Waals surface area contributed by atoms with Crippen molar-refractivity contribution in [3.8, 4) is 0 Å². The lowest BCUT2D eigenvalue weighted by molar-refractivity contribution is -0.385. The first-order valence-electron chi connectivity index (χ1n) is 5.63. The zero-order chi connectivity index (χ0) is 13.8. The Morgan fingerprint density at radius 3 is 3.00 bits per heavy atom. The summed E-state index contributed by atoms with van der Waals surface area (Å²) in [5.41, 5.74) is 0.244. The molecule has 0 saturated carbocycles. The Morgan fingerprint density at radius 1 is 1.58 bits per heavy atom. The minimum Gasteiger partial charge on any atom is -0.304 e. The molecule has 0 fully saturated rings. The number of nitrogens with zero attached hydrogens (tertiary/aromatic N) is 2. The molecule has 2 rings (SSSR count). The fourth-order valence-corrected chi connectivity index (χ4v) is 2.34. The molecule has 1 unspecified atom stereocenters. The maximum atomic E-state index is 13.1. The first-order valence-corrected chi connectivity index (χ1v) is 6.51. The molecule has 0 spiro atoms. The van der Waals surface area contributed by atoms with Gasteiger partial charge in [-0.3, -0.25) is 10.1 Å². The summed E-state index contributed by atoms with van der Waals surface area (Å²) in [6.45, 7) is 2.12. The number of hydrogen-bond donors (Lipinski definition) is 1. The first kappa shape index (κ1) is 13.6. The average molecular weight is 281 g/mol. The van der Waals surface area contributed by atoms with Crippen molar-refractivity contribution in [2.45, 2.75) is 19.5 Å². The number of thiazole rings is 1. The third-order valence-electron chi connectivity index (χ3n) is 2.66. The number of halogens is 1. The molecule has 5 nitrogen and oxygen atoms in total. The molecule has 0 aliphatic heterocycles. The van der Waals surface area contributed by atoms with Crippen LogP contribution >= 0.6 is 11.3 Å². The van der Waals surface area contributed by atoms with E-state index in [1.54, 1.807) is 6.20 Å². The number of nitro groups is 1. The smallest absolute Gasteiger partial charge is 0.274 e. The Bertz CT molecular complexity index is 574. The molecule has 100 valence electrons. The van der Waals surface area contributed by atoms with Crippen molar-refractivity contribution in [3.63, 3.8) is 0 Å². The van der Waals surface area contributed by atoms with Crippen molar-refractivity contribution in [2.75, 3.05) is 0 Å². The number of benzene rings is 1. The van der Waals surface area contributed by atoms with E-state index in [2.05, 4.69) is 10.3 Å². The molecule has 0 radical (unpaired) electrons. The second-order valence-electron chi connectivity index (χ2n) is 4.00. The molecule has 0 amide bonds. The quantitative estimate of drug-likeness (QED) is 0.675. The summed E-state index contributed by atoms with van der Waals surface area (Å²) in [5.74, 6) is -0.482. The van der Waals surface area contributed by atoms with Gasteiger partial charge in [0.1, 0.15) is 10.8 Å².